The monoisotopic (exact) mass is 485 g/mol. The average Bonchev–Trinajstić information content (AvgIpc) is 2.52. The van der Waals surface area contributed by atoms with Gasteiger partial charge in [0.05, 0.1) is 25.4 Å². The smallest absolute Gasteiger partial charge is 0.221 e. The van der Waals surface area contributed by atoms with Crippen molar-refractivity contribution < 1.29 is 14.6 Å². The first kappa shape index (κ1) is 25.4. The van der Waals surface area contributed by atoms with Crippen molar-refractivity contribution in [3.8, 4) is 0 Å². The number of guanidine groups is 1. The second kappa shape index (κ2) is 13.5. The molecule has 26 heavy (non-hydrogen) atoms. The number of halogens is 1. The zero-order valence-corrected chi connectivity index (χ0v) is 18.8. The molecule has 0 aromatic rings. The van der Waals surface area contributed by atoms with Crippen LogP contribution in [0.4, 0.5) is 0 Å². The minimum atomic E-state index is -0.908. The SMILES string of the molecule is CCNC(=NCC(C)(O)CN1CCOCC1)NCCC(=O)NC(C)C.I. The summed E-state index contributed by atoms with van der Waals surface area (Å²) in [5.74, 6) is 0.625. The van der Waals surface area contributed by atoms with Gasteiger partial charge >= 0.3 is 0 Å². The fourth-order valence-corrected chi connectivity index (χ4v) is 2.57. The van der Waals surface area contributed by atoms with E-state index in [0.29, 0.717) is 38.7 Å². The third-order valence-corrected chi connectivity index (χ3v) is 3.68. The Kier molecular flexibility index (Phi) is 13.2. The lowest BCUT2D eigenvalue weighted by atomic mass is 10.1. The number of amides is 1. The summed E-state index contributed by atoms with van der Waals surface area (Å²) in [4.78, 5) is 18.3. The van der Waals surface area contributed by atoms with Crippen LogP contribution in [0, 0.1) is 0 Å². The van der Waals surface area contributed by atoms with E-state index < -0.39 is 5.60 Å². The first-order valence-corrected chi connectivity index (χ1v) is 9.16. The van der Waals surface area contributed by atoms with Crippen molar-refractivity contribution >= 4 is 35.8 Å². The van der Waals surface area contributed by atoms with Gasteiger partial charge in [-0.3, -0.25) is 14.7 Å². The summed E-state index contributed by atoms with van der Waals surface area (Å²) in [6.45, 7) is 12.8. The summed E-state index contributed by atoms with van der Waals surface area (Å²) in [7, 11) is 0. The Morgan fingerprint density at radius 3 is 2.54 bits per heavy atom. The second-order valence-electron chi connectivity index (χ2n) is 6.98. The van der Waals surface area contributed by atoms with Crippen LogP contribution >= 0.6 is 24.0 Å². The van der Waals surface area contributed by atoms with Gasteiger partial charge in [0.1, 0.15) is 0 Å². The van der Waals surface area contributed by atoms with E-state index >= 15 is 0 Å². The lowest BCUT2D eigenvalue weighted by Crippen LogP contribution is -2.48. The van der Waals surface area contributed by atoms with E-state index in [1.165, 1.54) is 0 Å². The Bertz CT molecular complexity index is 427. The standard InChI is InChI=1S/C17H35N5O3.HI/c1-5-18-16(19-7-6-15(23)21-14(2)3)20-12-17(4,24)13-22-8-10-25-11-9-22;/h14,24H,5-13H2,1-4H3,(H,21,23)(H2,18,19,20);1H. The highest BCUT2D eigenvalue weighted by molar-refractivity contribution is 14.0. The minimum Gasteiger partial charge on any atom is -0.387 e. The molecule has 1 saturated heterocycles. The second-order valence-corrected chi connectivity index (χ2v) is 6.98. The van der Waals surface area contributed by atoms with Gasteiger partial charge in [0.25, 0.3) is 0 Å². The summed E-state index contributed by atoms with van der Waals surface area (Å²) < 4.78 is 5.33. The summed E-state index contributed by atoms with van der Waals surface area (Å²) in [5.41, 5.74) is -0.908. The van der Waals surface area contributed by atoms with Gasteiger partial charge in [0.2, 0.25) is 5.91 Å². The number of carbonyl (C=O) groups is 1. The van der Waals surface area contributed by atoms with E-state index in [2.05, 4.69) is 25.8 Å². The summed E-state index contributed by atoms with van der Waals surface area (Å²) in [5, 5.41) is 19.7. The number of aliphatic hydroxyl groups is 1. The van der Waals surface area contributed by atoms with Gasteiger partial charge in [-0.15, -0.1) is 24.0 Å². The quantitative estimate of drug-likeness (QED) is 0.211. The zero-order chi connectivity index (χ0) is 18.7. The topological polar surface area (TPSA) is 98.2 Å². The molecule has 154 valence electrons. The maximum Gasteiger partial charge on any atom is 0.221 e. The molecule has 0 saturated carbocycles. The molecule has 4 N–H and O–H groups in total. The lowest BCUT2D eigenvalue weighted by molar-refractivity contribution is -0.121. The van der Waals surface area contributed by atoms with E-state index in [4.69, 9.17) is 4.74 Å². The number of hydrogen-bond acceptors (Lipinski definition) is 5. The molecule has 1 aliphatic heterocycles. The first-order valence-electron chi connectivity index (χ1n) is 9.16. The molecular weight excluding hydrogens is 449 g/mol. The maximum absolute atomic E-state index is 11.7. The van der Waals surface area contributed by atoms with Crippen LogP contribution < -0.4 is 16.0 Å². The molecule has 0 aliphatic carbocycles. The molecule has 1 atom stereocenters. The minimum absolute atomic E-state index is 0. The number of ether oxygens (including phenoxy) is 1. The van der Waals surface area contributed by atoms with Crippen molar-refractivity contribution in [2.75, 3.05) is 52.5 Å². The van der Waals surface area contributed by atoms with Crippen LogP contribution in [0.15, 0.2) is 4.99 Å². The number of β-amino-alcohol motifs (C(OH)–C–C–N with tert-alkyl or cyclic N) is 1. The summed E-state index contributed by atoms with van der Waals surface area (Å²) in [6.07, 6.45) is 0.382. The highest BCUT2D eigenvalue weighted by Crippen LogP contribution is 2.09. The highest BCUT2D eigenvalue weighted by atomic mass is 127. The Morgan fingerprint density at radius 1 is 1.31 bits per heavy atom. The molecule has 0 radical (unpaired) electrons. The number of morpholine rings is 1. The van der Waals surface area contributed by atoms with Gasteiger partial charge in [0.15, 0.2) is 5.96 Å². The van der Waals surface area contributed by atoms with Crippen LogP contribution in [0.1, 0.15) is 34.1 Å². The molecule has 0 aromatic carbocycles. The number of nitrogens with zero attached hydrogens (tertiary/aromatic N) is 2. The highest BCUT2D eigenvalue weighted by Gasteiger charge is 2.25. The molecule has 8 nitrogen and oxygen atoms in total. The molecule has 1 heterocycles. The third-order valence-electron chi connectivity index (χ3n) is 3.68. The Balaban J connectivity index is 0.00000625. The van der Waals surface area contributed by atoms with E-state index in [0.717, 1.165) is 19.6 Å². The number of aliphatic imine (C=N–C) groups is 1. The average molecular weight is 485 g/mol. The first-order chi connectivity index (χ1) is 11.8. The maximum atomic E-state index is 11.7. The molecule has 1 amide bonds. The number of rotatable bonds is 9. The molecule has 1 rings (SSSR count). The van der Waals surface area contributed by atoms with Crippen molar-refractivity contribution in [3.63, 3.8) is 0 Å². The van der Waals surface area contributed by atoms with Gasteiger partial charge in [-0.1, -0.05) is 0 Å². The Labute approximate surface area is 174 Å². The van der Waals surface area contributed by atoms with Gasteiger partial charge in [-0.25, -0.2) is 0 Å². The molecule has 1 fully saturated rings. The molecule has 0 aromatic heterocycles. The molecule has 1 aliphatic rings. The predicted molar refractivity (Wildman–Crippen MR) is 115 cm³/mol. The van der Waals surface area contributed by atoms with Crippen molar-refractivity contribution in [3.05, 3.63) is 0 Å². The fourth-order valence-electron chi connectivity index (χ4n) is 2.57. The Hall–Kier alpha value is -0.650. The summed E-state index contributed by atoms with van der Waals surface area (Å²) in [6, 6.07) is 0.143. The van der Waals surface area contributed by atoms with Gasteiger partial charge in [0, 0.05) is 45.2 Å². The van der Waals surface area contributed by atoms with Crippen molar-refractivity contribution in [2.24, 2.45) is 4.99 Å². The normalized spacial score (nSPS) is 18.0. The molecular formula is C17H36IN5O3. The zero-order valence-electron chi connectivity index (χ0n) is 16.5. The number of hydrogen-bond donors (Lipinski definition) is 4. The van der Waals surface area contributed by atoms with E-state index in [1.807, 2.05) is 20.8 Å². The largest absolute Gasteiger partial charge is 0.387 e. The van der Waals surface area contributed by atoms with Gasteiger partial charge in [-0.2, -0.15) is 0 Å². The van der Waals surface area contributed by atoms with Crippen LogP contribution in [-0.4, -0.2) is 86.0 Å². The van der Waals surface area contributed by atoms with Crippen LogP contribution in [0.25, 0.3) is 0 Å². The van der Waals surface area contributed by atoms with Crippen molar-refractivity contribution in [2.45, 2.75) is 45.8 Å². The lowest BCUT2D eigenvalue weighted by Gasteiger charge is -2.33. The van der Waals surface area contributed by atoms with Crippen LogP contribution in [0.2, 0.25) is 0 Å². The van der Waals surface area contributed by atoms with Crippen LogP contribution in [-0.2, 0) is 9.53 Å². The summed E-state index contributed by atoms with van der Waals surface area (Å²) >= 11 is 0. The molecule has 0 bridgehead atoms. The van der Waals surface area contributed by atoms with E-state index in [1.54, 1.807) is 6.92 Å². The third kappa shape index (κ3) is 11.9. The van der Waals surface area contributed by atoms with Gasteiger partial charge < -0.3 is 25.8 Å². The van der Waals surface area contributed by atoms with E-state index in [-0.39, 0.29) is 42.5 Å². The van der Waals surface area contributed by atoms with E-state index in [9.17, 15) is 9.90 Å². The fraction of sp³-hybridized carbons (Fsp3) is 0.882. The van der Waals surface area contributed by atoms with Crippen molar-refractivity contribution in [1.82, 2.24) is 20.9 Å². The number of carbonyl (C=O) groups excluding carboxylic acids is 1. The van der Waals surface area contributed by atoms with Crippen molar-refractivity contribution in [1.29, 1.82) is 0 Å². The predicted octanol–water partition coefficient (Wildman–Crippen LogP) is 0.157. The van der Waals surface area contributed by atoms with Gasteiger partial charge in [-0.05, 0) is 27.7 Å². The number of nitrogens with one attached hydrogen (secondary N) is 3. The van der Waals surface area contributed by atoms with Crippen LogP contribution in [0.5, 0.6) is 0 Å². The molecule has 9 heteroatoms. The van der Waals surface area contributed by atoms with Crippen LogP contribution in [0.3, 0.4) is 0 Å². The molecule has 1 unspecified atom stereocenters. The Morgan fingerprint density at radius 2 is 1.96 bits per heavy atom. The molecule has 0 spiro atoms.